The quantitative estimate of drug-likeness (QED) is 0.373. The average Bonchev–Trinajstić information content (AvgIpc) is 2.18. The van der Waals surface area contributed by atoms with E-state index in [-0.39, 0.29) is 4.92 Å². The second-order valence-corrected chi connectivity index (χ2v) is 4.51. The zero-order chi connectivity index (χ0) is 10.9. The molecule has 0 spiro atoms. The molecule has 1 rings (SSSR count). The molecule has 0 saturated heterocycles. The van der Waals surface area contributed by atoms with Crippen LogP contribution >= 0.6 is 0 Å². The first-order valence-corrected chi connectivity index (χ1v) is 6.30. The molecule has 0 radical (unpaired) electrons. The molecule has 0 atom stereocenters. The van der Waals surface area contributed by atoms with Gasteiger partial charge in [0.25, 0.3) is 0 Å². The maximum absolute atomic E-state index is 10.7. The second kappa shape index (κ2) is 7.55. The standard InChI is InChI=1S/C12H22NO2/c14-13(15)12-10-8-6-4-2-1-3-5-7-9-11-12/h1-11H2/q-1. The topological polar surface area (TPSA) is 43.1 Å². The monoisotopic (exact) mass is 212 g/mol. The summed E-state index contributed by atoms with van der Waals surface area (Å²) in [6, 6.07) is 0.565. The molecule has 15 heavy (non-hydrogen) atoms. The lowest BCUT2D eigenvalue weighted by atomic mass is 9.98. The van der Waals surface area contributed by atoms with Gasteiger partial charge in [-0.2, -0.15) is 0 Å². The molecule has 1 aliphatic rings. The Hall–Kier alpha value is -0.730. The summed E-state index contributed by atoms with van der Waals surface area (Å²) in [6.45, 7) is 0. The van der Waals surface area contributed by atoms with Gasteiger partial charge in [0.15, 0.2) is 0 Å². The SMILES string of the molecule is O=[N+]([O-])[C-]1CCCCCCCCCCC1. The van der Waals surface area contributed by atoms with E-state index in [4.69, 9.17) is 0 Å². The lowest BCUT2D eigenvalue weighted by Gasteiger charge is -2.21. The summed E-state index contributed by atoms with van der Waals surface area (Å²) in [5.41, 5.74) is 0. The van der Waals surface area contributed by atoms with E-state index in [0.29, 0.717) is 18.9 Å². The third-order valence-corrected chi connectivity index (χ3v) is 3.19. The minimum absolute atomic E-state index is 0.147. The molecule has 3 nitrogen and oxygen atoms in total. The van der Waals surface area contributed by atoms with E-state index in [0.717, 1.165) is 25.7 Å². The number of nitrogens with zero attached hydrogens (tertiary/aromatic N) is 1. The lowest BCUT2D eigenvalue weighted by Crippen LogP contribution is -2.10. The molecule has 0 unspecified atom stereocenters. The average molecular weight is 212 g/mol. The van der Waals surface area contributed by atoms with Crippen molar-refractivity contribution in [1.29, 1.82) is 0 Å². The molecule has 0 amide bonds. The van der Waals surface area contributed by atoms with Crippen LogP contribution in [0.5, 0.6) is 0 Å². The van der Waals surface area contributed by atoms with Crippen molar-refractivity contribution in [3.63, 3.8) is 0 Å². The fourth-order valence-electron chi connectivity index (χ4n) is 2.20. The zero-order valence-corrected chi connectivity index (χ0v) is 9.54. The summed E-state index contributed by atoms with van der Waals surface area (Å²) in [5, 5.41) is 10.7. The summed E-state index contributed by atoms with van der Waals surface area (Å²) in [4.78, 5) is 10.6. The Bertz CT molecular complexity index is 170. The van der Waals surface area contributed by atoms with E-state index < -0.39 is 0 Å². The van der Waals surface area contributed by atoms with Gasteiger partial charge in [-0.1, -0.05) is 57.8 Å². The van der Waals surface area contributed by atoms with Gasteiger partial charge in [-0.25, -0.2) is 0 Å². The van der Waals surface area contributed by atoms with Crippen LogP contribution in [0.2, 0.25) is 0 Å². The van der Waals surface area contributed by atoms with Crippen LogP contribution in [0.4, 0.5) is 0 Å². The van der Waals surface area contributed by atoms with E-state index in [1.165, 1.54) is 32.1 Å². The molecule has 1 saturated carbocycles. The van der Waals surface area contributed by atoms with Gasteiger partial charge < -0.3 is 0 Å². The molecule has 0 aromatic heterocycles. The van der Waals surface area contributed by atoms with E-state index in [1.807, 2.05) is 0 Å². The normalized spacial score (nSPS) is 21.5. The Kier molecular flexibility index (Phi) is 6.21. The van der Waals surface area contributed by atoms with Gasteiger partial charge in [0.2, 0.25) is 0 Å². The fourth-order valence-corrected chi connectivity index (χ4v) is 2.20. The van der Waals surface area contributed by atoms with Crippen molar-refractivity contribution in [1.82, 2.24) is 0 Å². The van der Waals surface area contributed by atoms with Crippen molar-refractivity contribution >= 4 is 0 Å². The maximum Gasteiger partial charge on any atom is -0.0458 e. The molecule has 88 valence electrons. The van der Waals surface area contributed by atoms with Gasteiger partial charge in [0.05, 0.1) is 0 Å². The van der Waals surface area contributed by atoms with E-state index in [1.54, 1.807) is 0 Å². The number of nitro groups is 1. The number of hydrogen-bond acceptors (Lipinski definition) is 2. The largest absolute Gasteiger partial charge is 0.295 e. The Morgan fingerprint density at radius 2 is 1.07 bits per heavy atom. The summed E-state index contributed by atoms with van der Waals surface area (Å²) >= 11 is 0. The van der Waals surface area contributed by atoms with E-state index in [9.17, 15) is 10.1 Å². The Morgan fingerprint density at radius 1 is 0.733 bits per heavy atom. The number of hydrogen-bond donors (Lipinski definition) is 0. The van der Waals surface area contributed by atoms with Crippen molar-refractivity contribution < 1.29 is 4.92 Å². The van der Waals surface area contributed by atoms with E-state index in [2.05, 4.69) is 0 Å². The van der Waals surface area contributed by atoms with Gasteiger partial charge in [-0.05, 0) is 6.04 Å². The van der Waals surface area contributed by atoms with Crippen LogP contribution in [-0.4, -0.2) is 4.92 Å². The van der Waals surface area contributed by atoms with Crippen molar-refractivity contribution in [2.24, 2.45) is 0 Å². The second-order valence-electron chi connectivity index (χ2n) is 4.51. The highest BCUT2D eigenvalue weighted by Crippen LogP contribution is 2.22. The molecule has 0 aromatic carbocycles. The van der Waals surface area contributed by atoms with Crippen molar-refractivity contribution in [2.75, 3.05) is 0 Å². The van der Waals surface area contributed by atoms with Crippen LogP contribution in [-0.2, 0) is 0 Å². The van der Waals surface area contributed by atoms with Crippen molar-refractivity contribution in [3.05, 3.63) is 16.2 Å². The Balaban J connectivity index is 2.28. The first-order valence-electron chi connectivity index (χ1n) is 6.30. The summed E-state index contributed by atoms with van der Waals surface area (Å²) in [5.74, 6) is 0. The third kappa shape index (κ3) is 5.65. The first kappa shape index (κ1) is 12.3. The minimum atomic E-state index is -0.147. The highest BCUT2D eigenvalue weighted by molar-refractivity contribution is 4.76. The molecular weight excluding hydrogens is 190 g/mol. The molecule has 0 aliphatic heterocycles. The van der Waals surface area contributed by atoms with Crippen LogP contribution in [0, 0.1) is 16.2 Å². The van der Waals surface area contributed by atoms with Crippen LogP contribution in [0.3, 0.4) is 0 Å². The van der Waals surface area contributed by atoms with Crippen molar-refractivity contribution in [3.8, 4) is 0 Å². The van der Waals surface area contributed by atoms with Crippen LogP contribution < -0.4 is 0 Å². The van der Waals surface area contributed by atoms with Gasteiger partial charge in [0, 0.05) is 0 Å². The molecule has 3 heteroatoms. The molecule has 0 aromatic rings. The summed E-state index contributed by atoms with van der Waals surface area (Å²) < 4.78 is 0. The maximum atomic E-state index is 10.7. The third-order valence-electron chi connectivity index (χ3n) is 3.19. The minimum Gasteiger partial charge on any atom is -0.295 e. The first-order chi connectivity index (χ1) is 7.30. The predicted molar refractivity (Wildman–Crippen MR) is 61.0 cm³/mol. The molecule has 0 bridgehead atoms. The summed E-state index contributed by atoms with van der Waals surface area (Å²) in [6.07, 6.45) is 12.3. The fraction of sp³-hybridized carbons (Fsp3) is 0.917. The molecule has 0 N–H and O–H groups in total. The zero-order valence-electron chi connectivity index (χ0n) is 9.54. The number of rotatable bonds is 1. The lowest BCUT2D eigenvalue weighted by molar-refractivity contribution is -0.470. The Labute approximate surface area is 92.4 Å². The molecular formula is C12H22NO2-. The van der Waals surface area contributed by atoms with Gasteiger partial charge >= 0.3 is 0 Å². The van der Waals surface area contributed by atoms with Crippen LogP contribution in [0.25, 0.3) is 0 Å². The van der Waals surface area contributed by atoms with Gasteiger partial charge in [0.1, 0.15) is 0 Å². The Morgan fingerprint density at radius 3 is 1.40 bits per heavy atom. The van der Waals surface area contributed by atoms with E-state index >= 15 is 0 Å². The summed E-state index contributed by atoms with van der Waals surface area (Å²) in [7, 11) is 0. The van der Waals surface area contributed by atoms with Crippen LogP contribution in [0.15, 0.2) is 0 Å². The molecule has 0 heterocycles. The van der Waals surface area contributed by atoms with Gasteiger partial charge in [-0.3, -0.25) is 10.1 Å². The van der Waals surface area contributed by atoms with Crippen molar-refractivity contribution in [2.45, 2.75) is 70.6 Å². The van der Waals surface area contributed by atoms with Gasteiger partial charge in [-0.15, -0.1) is 17.8 Å². The molecule has 1 aliphatic carbocycles. The van der Waals surface area contributed by atoms with Crippen LogP contribution in [0.1, 0.15) is 70.6 Å². The predicted octanol–water partition coefficient (Wildman–Crippen LogP) is 4.10. The smallest absolute Gasteiger partial charge is 0.0458 e. The molecule has 1 fully saturated rings. The highest BCUT2D eigenvalue weighted by atomic mass is 16.6. The highest BCUT2D eigenvalue weighted by Gasteiger charge is 2.05.